The highest BCUT2D eigenvalue weighted by Gasteiger charge is 2.39. The van der Waals surface area contributed by atoms with Crippen molar-refractivity contribution >= 4 is 19.8 Å². The van der Waals surface area contributed by atoms with E-state index in [0.717, 1.165) is 6.08 Å². The van der Waals surface area contributed by atoms with E-state index in [1.165, 1.54) is 0 Å². The Morgan fingerprint density at radius 1 is 1.33 bits per heavy atom. The Labute approximate surface area is 118 Å². The zero-order chi connectivity index (χ0) is 16.4. The zero-order valence-corrected chi connectivity index (χ0v) is 11.3. The van der Waals surface area contributed by atoms with Gasteiger partial charge in [-0.15, -0.1) is 0 Å². The third-order valence-corrected chi connectivity index (χ3v) is 3.09. The predicted octanol–water partition coefficient (Wildman–Crippen LogP) is -0.777. The van der Waals surface area contributed by atoms with Crippen molar-refractivity contribution in [2.75, 3.05) is 0 Å². The second kappa shape index (κ2) is 6.37. The van der Waals surface area contributed by atoms with Crippen LogP contribution in [0.3, 0.4) is 0 Å². The fourth-order valence-corrected chi connectivity index (χ4v) is 2.17. The molecule has 0 bridgehead atoms. The molecule has 0 spiro atoms. The van der Waals surface area contributed by atoms with Gasteiger partial charge in [0.1, 0.15) is 18.3 Å². The second-order valence-electron chi connectivity index (χ2n) is 4.14. The zero-order valence-electron chi connectivity index (χ0n) is 10.4. The minimum atomic E-state index is -5.00. The van der Waals surface area contributed by atoms with Gasteiger partial charge in [0.15, 0.2) is 5.76 Å². The lowest BCUT2D eigenvalue weighted by molar-refractivity contribution is -0.141. The summed E-state index contributed by atoms with van der Waals surface area (Å²) in [7, 11) is -5.00. The molecule has 5 N–H and O–H groups in total. The summed E-state index contributed by atoms with van der Waals surface area (Å²) in [5.41, 5.74) is -0.345. The van der Waals surface area contributed by atoms with E-state index < -0.39 is 43.8 Å². The van der Waals surface area contributed by atoms with Crippen molar-refractivity contribution < 1.29 is 48.5 Å². The van der Waals surface area contributed by atoms with Crippen LogP contribution < -0.4 is 0 Å². The first kappa shape index (κ1) is 17.3. The molecule has 21 heavy (non-hydrogen) atoms. The Kier molecular flexibility index (Phi) is 5.26. The molecule has 0 unspecified atom stereocenters. The van der Waals surface area contributed by atoms with Crippen molar-refractivity contribution in [1.82, 2.24) is 0 Å². The Morgan fingerprint density at radius 3 is 2.33 bits per heavy atom. The van der Waals surface area contributed by atoms with Crippen LogP contribution in [-0.2, 0) is 23.4 Å². The number of aliphatic hydroxyl groups is 1. The highest BCUT2D eigenvalue weighted by Crippen LogP contribution is 2.41. The highest BCUT2D eigenvalue weighted by atomic mass is 31.2. The largest absolute Gasteiger partial charge is 0.480 e. The average molecular weight is 324 g/mol. The van der Waals surface area contributed by atoms with Crippen LogP contribution in [0.1, 0.15) is 6.42 Å². The maximum atomic E-state index is 10.9. The number of aliphatic carboxylic acids is 2. The van der Waals surface area contributed by atoms with Crippen LogP contribution in [0, 0.1) is 0 Å². The van der Waals surface area contributed by atoms with Crippen molar-refractivity contribution in [3.63, 3.8) is 0 Å². The molecule has 11 heteroatoms. The fraction of sp³-hybridized carbons (Fsp3) is 0.400. The van der Waals surface area contributed by atoms with Gasteiger partial charge >= 0.3 is 19.8 Å². The van der Waals surface area contributed by atoms with E-state index in [9.17, 15) is 19.3 Å². The lowest BCUT2D eigenvalue weighted by Gasteiger charge is -2.32. The van der Waals surface area contributed by atoms with Crippen molar-refractivity contribution in [3.8, 4) is 0 Å². The minimum absolute atomic E-state index is 0.345. The van der Waals surface area contributed by atoms with Gasteiger partial charge in [0, 0.05) is 12.0 Å². The standard InChI is InChI=1S/C10H13O10P/c1-4(9(12)13)19-6-2-5(10(14)15)3-7(8(6)11)20-21(16,17)18/h3,6-8,11H,1-2H2,(H,12,13)(H,14,15)(H2,16,17,18)/t6-,7-,8+/m1/s1. The summed E-state index contributed by atoms with van der Waals surface area (Å²) in [5.74, 6) is -3.70. The number of phosphoric ester groups is 1. The van der Waals surface area contributed by atoms with Crippen LogP contribution in [0.4, 0.5) is 0 Å². The maximum Gasteiger partial charge on any atom is 0.470 e. The van der Waals surface area contributed by atoms with E-state index in [2.05, 4.69) is 11.1 Å². The SMILES string of the molecule is C=C(O[C@@H]1CC(C(=O)O)=C[C@@H](OP(=O)(O)O)[C@H]1O)C(=O)O. The number of carbonyl (C=O) groups is 2. The Hall–Kier alpha value is -1.71. The number of rotatable bonds is 6. The molecule has 0 amide bonds. The Morgan fingerprint density at radius 2 is 1.90 bits per heavy atom. The van der Waals surface area contributed by atoms with Crippen molar-refractivity contribution in [2.24, 2.45) is 0 Å². The number of carboxylic acids is 2. The molecule has 3 atom stereocenters. The molecule has 0 saturated heterocycles. The monoisotopic (exact) mass is 324 g/mol. The number of phosphoric acid groups is 1. The minimum Gasteiger partial charge on any atom is -0.480 e. The third-order valence-electron chi connectivity index (χ3n) is 2.57. The van der Waals surface area contributed by atoms with E-state index in [0.29, 0.717) is 0 Å². The summed E-state index contributed by atoms with van der Waals surface area (Å²) in [6.07, 6.45) is -4.30. The van der Waals surface area contributed by atoms with Gasteiger partial charge in [-0.2, -0.15) is 0 Å². The quantitative estimate of drug-likeness (QED) is 0.237. The molecular formula is C10H13O10P. The molecule has 0 aromatic heterocycles. The normalized spacial score (nSPS) is 25.9. The fourth-order valence-electron chi connectivity index (χ4n) is 1.67. The number of hydrogen-bond acceptors (Lipinski definition) is 6. The average Bonchev–Trinajstić information content (AvgIpc) is 2.31. The van der Waals surface area contributed by atoms with Crippen molar-refractivity contribution in [3.05, 3.63) is 24.0 Å². The first-order valence-corrected chi connectivity index (χ1v) is 6.99. The highest BCUT2D eigenvalue weighted by molar-refractivity contribution is 7.46. The first-order valence-electron chi connectivity index (χ1n) is 5.46. The molecule has 0 aromatic carbocycles. The lowest BCUT2D eigenvalue weighted by Crippen LogP contribution is -2.43. The van der Waals surface area contributed by atoms with Crippen LogP contribution in [0.5, 0.6) is 0 Å². The molecule has 0 aromatic rings. The molecule has 1 aliphatic carbocycles. The molecule has 0 saturated carbocycles. The van der Waals surface area contributed by atoms with Crippen LogP contribution in [0.25, 0.3) is 0 Å². The topological polar surface area (TPSA) is 171 Å². The van der Waals surface area contributed by atoms with Crippen molar-refractivity contribution in [1.29, 1.82) is 0 Å². The van der Waals surface area contributed by atoms with E-state index >= 15 is 0 Å². The van der Waals surface area contributed by atoms with Crippen LogP contribution in [0.15, 0.2) is 24.0 Å². The molecule has 0 radical (unpaired) electrons. The van der Waals surface area contributed by atoms with E-state index in [1.807, 2.05) is 0 Å². The molecule has 10 nitrogen and oxygen atoms in total. The van der Waals surface area contributed by atoms with Gasteiger partial charge in [0.05, 0.1) is 0 Å². The van der Waals surface area contributed by atoms with Gasteiger partial charge in [-0.3, -0.25) is 4.52 Å². The van der Waals surface area contributed by atoms with Gasteiger partial charge < -0.3 is 29.8 Å². The van der Waals surface area contributed by atoms with Crippen molar-refractivity contribution in [2.45, 2.75) is 24.7 Å². The maximum absolute atomic E-state index is 10.9. The molecule has 0 heterocycles. The Bertz CT molecular complexity index is 532. The summed E-state index contributed by atoms with van der Waals surface area (Å²) in [5, 5.41) is 27.4. The van der Waals surface area contributed by atoms with Gasteiger partial charge in [-0.25, -0.2) is 14.2 Å². The summed E-state index contributed by atoms with van der Waals surface area (Å²) >= 11 is 0. The van der Waals surface area contributed by atoms with Crippen LogP contribution in [-0.4, -0.2) is 55.4 Å². The number of hydrogen-bond donors (Lipinski definition) is 5. The summed E-state index contributed by atoms with van der Waals surface area (Å²) in [6.45, 7) is 3.06. The van der Waals surface area contributed by atoms with Gasteiger partial charge in [0.2, 0.25) is 0 Å². The number of ether oxygens (including phenoxy) is 1. The smallest absolute Gasteiger partial charge is 0.470 e. The first-order chi connectivity index (χ1) is 9.51. The lowest BCUT2D eigenvalue weighted by atomic mass is 9.92. The molecule has 0 aliphatic heterocycles. The molecule has 118 valence electrons. The summed E-state index contributed by atoms with van der Waals surface area (Å²) in [6, 6.07) is 0. The van der Waals surface area contributed by atoms with E-state index in [4.69, 9.17) is 24.7 Å². The Balaban J connectivity index is 3.00. The third kappa shape index (κ3) is 4.96. The van der Waals surface area contributed by atoms with Gasteiger partial charge in [-0.1, -0.05) is 0 Å². The number of aliphatic hydroxyl groups excluding tert-OH is 1. The molecule has 0 fully saturated rings. The van der Waals surface area contributed by atoms with Crippen LogP contribution >= 0.6 is 7.82 Å². The van der Waals surface area contributed by atoms with Crippen LogP contribution in [0.2, 0.25) is 0 Å². The second-order valence-corrected chi connectivity index (χ2v) is 5.33. The summed E-state index contributed by atoms with van der Waals surface area (Å²) < 4.78 is 19.9. The van der Waals surface area contributed by atoms with E-state index in [-0.39, 0.29) is 12.0 Å². The molecule has 1 rings (SSSR count). The van der Waals surface area contributed by atoms with E-state index in [1.54, 1.807) is 0 Å². The summed E-state index contributed by atoms with van der Waals surface area (Å²) in [4.78, 5) is 39.0. The van der Waals surface area contributed by atoms with Gasteiger partial charge in [-0.05, 0) is 12.7 Å². The van der Waals surface area contributed by atoms with Gasteiger partial charge in [0.25, 0.3) is 0 Å². The predicted molar refractivity (Wildman–Crippen MR) is 64.9 cm³/mol. The molecule has 1 aliphatic rings. The molecular weight excluding hydrogens is 311 g/mol. The number of carboxylic acid groups (broad SMARTS) is 2.